The molecule has 1 N–H and O–H groups in total. The number of ether oxygens (including phenoxy) is 1. The third-order valence-electron chi connectivity index (χ3n) is 3.81. The zero-order valence-corrected chi connectivity index (χ0v) is 10.6. The van der Waals surface area contributed by atoms with Crippen molar-refractivity contribution in [2.24, 2.45) is 5.92 Å². The molecule has 1 aliphatic carbocycles. The molecule has 1 aromatic carbocycles. The van der Waals surface area contributed by atoms with E-state index in [9.17, 15) is 9.90 Å². The smallest absolute Gasteiger partial charge is 0.434 e. The number of hydrogen-bond acceptors (Lipinski definition) is 4. The van der Waals surface area contributed by atoms with Crippen LogP contribution in [0.2, 0.25) is 0 Å². The average Bonchev–Trinajstić information content (AvgIpc) is 3.02. The van der Waals surface area contributed by atoms with E-state index in [0.29, 0.717) is 0 Å². The minimum Gasteiger partial charge on any atom is -0.443 e. The van der Waals surface area contributed by atoms with Gasteiger partial charge in [0.1, 0.15) is 6.61 Å². The van der Waals surface area contributed by atoms with Crippen molar-refractivity contribution in [2.75, 3.05) is 0 Å². The van der Waals surface area contributed by atoms with Crippen LogP contribution < -0.4 is 0 Å². The molecular formula is C14H17NO4. The highest BCUT2D eigenvalue weighted by atomic mass is 16.8. The summed E-state index contributed by atoms with van der Waals surface area (Å²) in [7, 11) is 0. The van der Waals surface area contributed by atoms with E-state index in [2.05, 4.69) is 0 Å². The zero-order valence-electron chi connectivity index (χ0n) is 10.6. The molecule has 1 saturated carbocycles. The molecule has 5 heteroatoms. The van der Waals surface area contributed by atoms with Crippen LogP contribution >= 0.6 is 0 Å². The average molecular weight is 263 g/mol. The van der Waals surface area contributed by atoms with E-state index in [0.717, 1.165) is 24.8 Å². The van der Waals surface area contributed by atoms with Gasteiger partial charge in [0.05, 0.1) is 6.04 Å². The van der Waals surface area contributed by atoms with Gasteiger partial charge < -0.3 is 9.84 Å². The van der Waals surface area contributed by atoms with Gasteiger partial charge in [-0.2, -0.15) is 5.06 Å². The van der Waals surface area contributed by atoms with Crippen molar-refractivity contribution in [3.63, 3.8) is 0 Å². The second kappa shape index (κ2) is 5.19. The predicted molar refractivity (Wildman–Crippen MR) is 66.7 cm³/mol. The summed E-state index contributed by atoms with van der Waals surface area (Å²) in [5.74, 6) is 0.0317. The Kier molecular flexibility index (Phi) is 3.40. The van der Waals surface area contributed by atoms with Crippen LogP contribution in [0.4, 0.5) is 4.79 Å². The second-order valence-electron chi connectivity index (χ2n) is 5.02. The Morgan fingerprint density at radius 3 is 2.95 bits per heavy atom. The van der Waals surface area contributed by atoms with E-state index in [1.807, 2.05) is 30.3 Å². The Labute approximate surface area is 111 Å². The lowest BCUT2D eigenvalue weighted by Gasteiger charge is -2.20. The van der Waals surface area contributed by atoms with Gasteiger partial charge in [0.25, 0.3) is 0 Å². The number of fused-ring (bicyclic) bond motifs is 1. The molecule has 19 heavy (non-hydrogen) atoms. The zero-order chi connectivity index (χ0) is 13.2. The standard InChI is InChI=1S/C14H17NO4/c16-13-11-7-4-8-12(11)15(19-13)14(17)18-9-10-5-2-1-3-6-10/h1-3,5-6,11-13,16H,4,7-9H2/t11-,12+,13+/m1/s1. The van der Waals surface area contributed by atoms with Crippen molar-refractivity contribution >= 4 is 6.09 Å². The molecule has 0 bridgehead atoms. The number of aliphatic hydroxyl groups is 1. The van der Waals surface area contributed by atoms with Gasteiger partial charge in [-0.3, -0.25) is 0 Å². The normalized spacial score (nSPS) is 29.3. The molecule has 3 rings (SSSR count). The molecule has 1 saturated heterocycles. The molecule has 1 aromatic rings. The Balaban J connectivity index is 1.59. The highest BCUT2D eigenvalue weighted by Gasteiger charge is 2.48. The number of hydrogen-bond donors (Lipinski definition) is 1. The van der Waals surface area contributed by atoms with E-state index in [4.69, 9.17) is 9.57 Å². The first-order valence-corrected chi connectivity index (χ1v) is 6.60. The van der Waals surface area contributed by atoms with E-state index < -0.39 is 12.4 Å². The third kappa shape index (κ3) is 2.43. The van der Waals surface area contributed by atoms with Crippen LogP contribution in [0.5, 0.6) is 0 Å². The Morgan fingerprint density at radius 2 is 2.16 bits per heavy atom. The summed E-state index contributed by atoms with van der Waals surface area (Å²) < 4.78 is 5.22. The lowest BCUT2D eigenvalue weighted by molar-refractivity contribution is -0.209. The fourth-order valence-corrected chi connectivity index (χ4v) is 2.83. The lowest BCUT2D eigenvalue weighted by Crippen LogP contribution is -2.35. The maximum atomic E-state index is 12.0. The monoisotopic (exact) mass is 263 g/mol. The SMILES string of the molecule is O=C(OCc1ccccc1)N1O[C@H](O)[C@@H]2CCC[C@@H]21. The van der Waals surface area contributed by atoms with Crippen LogP contribution in [-0.2, 0) is 16.2 Å². The molecule has 2 aliphatic rings. The fourth-order valence-electron chi connectivity index (χ4n) is 2.83. The number of carbonyl (C=O) groups is 1. The number of carbonyl (C=O) groups excluding carboxylic acids is 1. The van der Waals surface area contributed by atoms with Crippen molar-refractivity contribution in [3.8, 4) is 0 Å². The van der Waals surface area contributed by atoms with Crippen molar-refractivity contribution in [1.82, 2.24) is 5.06 Å². The van der Waals surface area contributed by atoms with Crippen LogP contribution in [0.25, 0.3) is 0 Å². The van der Waals surface area contributed by atoms with Gasteiger partial charge in [0, 0.05) is 5.92 Å². The molecule has 1 heterocycles. The molecule has 0 spiro atoms. The first kappa shape index (κ1) is 12.4. The molecular weight excluding hydrogens is 246 g/mol. The first-order valence-electron chi connectivity index (χ1n) is 6.60. The fraction of sp³-hybridized carbons (Fsp3) is 0.500. The minimum atomic E-state index is -0.878. The molecule has 1 aliphatic heterocycles. The number of amides is 1. The Hall–Kier alpha value is -1.59. The minimum absolute atomic E-state index is 0.0317. The molecule has 0 aromatic heterocycles. The molecule has 0 radical (unpaired) electrons. The van der Waals surface area contributed by atoms with E-state index in [1.165, 1.54) is 5.06 Å². The van der Waals surface area contributed by atoms with Crippen LogP contribution in [0.1, 0.15) is 24.8 Å². The molecule has 0 unspecified atom stereocenters. The Morgan fingerprint density at radius 1 is 1.37 bits per heavy atom. The number of benzene rings is 1. The van der Waals surface area contributed by atoms with Crippen LogP contribution in [0, 0.1) is 5.92 Å². The summed E-state index contributed by atoms with van der Waals surface area (Å²) in [6.45, 7) is 0.215. The number of aliphatic hydroxyl groups excluding tert-OH is 1. The first-order chi connectivity index (χ1) is 9.25. The Bertz CT molecular complexity index is 450. The van der Waals surface area contributed by atoms with Crippen molar-refractivity contribution in [1.29, 1.82) is 0 Å². The largest absolute Gasteiger partial charge is 0.443 e. The summed E-state index contributed by atoms with van der Waals surface area (Å²) in [6.07, 6.45) is 1.38. The summed E-state index contributed by atoms with van der Waals surface area (Å²) >= 11 is 0. The lowest BCUT2D eigenvalue weighted by atomic mass is 10.1. The number of nitrogens with zero attached hydrogens (tertiary/aromatic N) is 1. The van der Waals surface area contributed by atoms with Gasteiger partial charge in [-0.15, -0.1) is 0 Å². The highest BCUT2D eigenvalue weighted by Crippen LogP contribution is 2.39. The summed E-state index contributed by atoms with van der Waals surface area (Å²) in [5.41, 5.74) is 0.929. The van der Waals surface area contributed by atoms with Crippen molar-refractivity contribution < 1.29 is 19.5 Å². The van der Waals surface area contributed by atoms with Gasteiger partial charge in [-0.25, -0.2) is 9.63 Å². The topological polar surface area (TPSA) is 59.0 Å². The number of rotatable bonds is 2. The highest BCUT2D eigenvalue weighted by molar-refractivity contribution is 5.67. The molecule has 102 valence electrons. The van der Waals surface area contributed by atoms with Gasteiger partial charge >= 0.3 is 6.09 Å². The van der Waals surface area contributed by atoms with E-state index in [-0.39, 0.29) is 18.6 Å². The van der Waals surface area contributed by atoms with E-state index >= 15 is 0 Å². The van der Waals surface area contributed by atoms with Crippen molar-refractivity contribution in [3.05, 3.63) is 35.9 Å². The van der Waals surface area contributed by atoms with Gasteiger partial charge in [-0.05, 0) is 18.4 Å². The van der Waals surface area contributed by atoms with Gasteiger partial charge in [-0.1, -0.05) is 36.8 Å². The second-order valence-corrected chi connectivity index (χ2v) is 5.02. The maximum absolute atomic E-state index is 12.0. The third-order valence-corrected chi connectivity index (χ3v) is 3.81. The molecule has 3 atom stereocenters. The summed E-state index contributed by atoms with van der Waals surface area (Å²) in [4.78, 5) is 17.2. The predicted octanol–water partition coefficient (Wildman–Crippen LogP) is 2.06. The summed E-state index contributed by atoms with van der Waals surface area (Å²) in [5, 5.41) is 10.9. The molecule has 1 amide bonds. The van der Waals surface area contributed by atoms with Crippen LogP contribution in [-0.4, -0.2) is 28.6 Å². The van der Waals surface area contributed by atoms with Crippen LogP contribution in [0.3, 0.4) is 0 Å². The number of hydroxylamine groups is 2. The quantitative estimate of drug-likeness (QED) is 0.887. The van der Waals surface area contributed by atoms with Crippen molar-refractivity contribution in [2.45, 2.75) is 38.2 Å². The van der Waals surface area contributed by atoms with Crippen LogP contribution in [0.15, 0.2) is 30.3 Å². The molecule has 5 nitrogen and oxygen atoms in total. The molecule has 2 fully saturated rings. The van der Waals surface area contributed by atoms with Gasteiger partial charge in [0.2, 0.25) is 0 Å². The van der Waals surface area contributed by atoms with Gasteiger partial charge in [0.15, 0.2) is 6.29 Å². The summed E-state index contributed by atoms with van der Waals surface area (Å²) in [6, 6.07) is 9.45. The van der Waals surface area contributed by atoms with E-state index in [1.54, 1.807) is 0 Å². The maximum Gasteiger partial charge on any atom is 0.434 e.